The van der Waals surface area contributed by atoms with E-state index in [9.17, 15) is 9.50 Å². The summed E-state index contributed by atoms with van der Waals surface area (Å²) >= 11 is 0. The molecule has 9 nitrogen and oxygen atoms in total. The molecule has 0 amide bonds. The number of aromatic hydroxyl groups is 1. The molecule has 4 aliphatic heterocycles. The number of anilines is 1. The van der Waals surface area contributed by atoms with Gasteiger partial charge >= 0.3 is 6.01 Å². The number of piperazine rings is 1. The number of ether oxygens (including phenoxy) is 1. The third-order valence-corrected chi connectivity index (χ3v) is 11.5. The van der Waals surface area contributed by atoms with Crippen LogP contribution in [0.1, 0.15) is 37.7 Å². The van der Waals surface area contributed by atoms with E-state index >= 15 is 8.78 Å². The van der Waals surface area contributed by atoms with Gasteiger partial charge < -0.3 is 14.7 Å². The largest absolute Gasteiger partial charge is 0.508 e. The lowest BCUT2D eigenvalue weighted by Gasteiger charge is -2.40. The Balaban J connectivity index is 1.29. The predicted molar refractivity (Wildman–Crippen MR) is 182 cm³/mol. The molecule has 49 heavy (non-hydrogen) atoms. The molecule has 0 saturated carbocycles. The first-order chi connectivity index (χ1) is 23.6. The third-order valence-electron chi connectivity index (χ3n) is 11.5. The Morgan fingerprint density at radius 3 is 2.63 bits per heavy atom. The number of benzene rings is 3. The van der Waals surface area contributed by atoms with Crippen molar-refractivity contribution in [3.05, 3.63) is 47.7 Å². The minimum atomic E-state index is -0.925. The minimum Gasteiger partial charge on any atom is -0.508 e. The van der Waals surface area contributed by atoms with Gasteiger partial charge in [-0.25, -0.2) is 13.2 Å². The summed E-state index contributed by atoms with van der Waals surface area (Å²) in [5.74, 6) is 1.51. The number of alkyl halides is 1. The van der Waals surface area contributed by atoms with Gasteiger partial charge in [0.15, 0.2) is 5.82 Å². The number of likely N-dealkylation sites (N-methyl/N-ethyl adjacent to an activating group) is 1. The smallest absolute Gasteiger partial charge is 0.319 e. The molecule has 5 aromatic rings. The maximum Gasteiger partial charge on any atom is 0.319 e. The number of halogens is 3. The number of terminal acetylenes is 1. The van der Waals surface area contributed by atoms with E-state index in [1.807, 2.05) is 6.20 Å². The van der Waals surface area contributed by atoms with Gasteiger partial charge in [0, 0.05) is 67.7 Å². The molecule has 1 N–H and O–H groups in total. The molecule has 0 spiro atoms. The highest BCUT2D eigenvalue weighted by Crippen LogP contribution is 2.46. The zero-order valence-electron chi connectivity index (χ0n) is 27.4. The Morgan fingerprint density at radius 1 is 1.06 bits per heavy atom. The number of fused-ring (bicyclic) bond motifs is 7. The summed E-state index contributed by atoms with van der Waals surface area (Å²) < 4.78 is 55.3. The number of nitrogens with zero attached hydrogens (tertiary/aromatic N) is 7. The highest BCUT2D eigenvalue weighted by Gasteiger charge is 2.49. The molecular formula is C37H36F3N7O2. The molecule has 0 aliphatic carbocycles. The van der Waals surface area contributed by atoms with Crippen LogP contribution in [0, 0.1) is 24.0 Å². The zero-order valence-corrected chi connectivity index (χ0v) is 27.4. The Bertz CT molecular complexity index is 2220. The van der Waals surface area contributed by atoms with Gasteiger partial charge in [0.1, 0.15) is 41.2 Å². The monoisotopic (exact) mass is 667 g/mol. The maximum atomic E-state index is 17.5. The van der Waals surface area contributed by atoms with Gasteiger partial charge in [-0.2, -0.15) is 15.1 Å². The normalized spacial score (nSPS) is 25.6. The Labute approximate surface area is 281 Å². The van der Waals surface area contributed by atoms with Crippen LogP contribution in [0.2, 0.25) is 0 Å². The molecule has 6 heterocycles. The van der Waals surface area contributed by atoms with E-state index in [-0.39, 0.29) is 46.0 Å². The van der Waals surface area contributed by atoms with E-state index in [4.69, 9.17) is 26.2 Å². The number of phenols is 1. The number of aromatic nitrogens is 4. The van der Waals surface area contributed by atoms with Crippen LogP contribution in [0.15, 0.2) is 30.5 Å². The number of aryl methyl sites for hydroxylation is 1. The lowest BCUT2D eigenvalue weighted by Crippen LogP contribution is -2.52. The predicted octanol–water partition coefficient (Wildman–Crippen LogP) is 5.54. The molecule has 2 aromatic heterocycles. The van der Waals surface area contributed by atoms with Crippen molar-refractivity contribution >= 4 is 38.4 Å². The van der Waals surface area contributed by atoms with E-state index in [1.165, 1.54) is 24.3 Å². The molecule has 0 radical (unpaired) electrons. The Kier molecular flexibility index (Phi) is 6.81. The van der Waals surface area contributed by atoms with E-state index < -0.39 is 23.3 Å². The van der Waals surface area contributed by atoms with Crippen LogP contribution in [0.5, 0.6) is 11.8 Å². The Hall–Kier alpha value is -4.60. The van der Waals surface area contributed by atoms with Crippen molar-refractivity contribution in [1.82, 2.24) is 29.5 Å². The molecule has 9 rings (SSSR count). The van der Waals surface area contributed by atoms with E-state index in [2.05, 4.69) is 27.7 Å². The van der Waals surface area contributed by atoms with Crippen LogP contribution in [0.4, 0.5) is 19.0 Å². The minimum absolute atomic E-state index is 0.0153. The summed E-state index contributed by atoms with van der Waals surface area (Å²) in [5, 5.41) is 17.4. The third kappa shape index (κ3) is 4.58. The lowest BCUT2D eigenvalue weighted by molar-refractivity contribution is 0.107. The van der Waals surface area contributed by atoms with Gasteiger partial charge in [0.2, 0.25) is 0 Å². The molecule has 4 fully saturated rings. The van der Waals surface area contributed by atoms with Gasteiger partial charge in [-0.05, 0) is 68.4 Å². The van der Waals surface area contributed by atoms with Crippen molar-refractivity contribution in [2.75, 3.05) is 44.7 Å². The van der Waals surface area contributed by atoms with Crippen molar-refractivity contribution in [3.8, 4) is 35.2 Å². The summed E-state index contributed by atoms with van der Waals surface area (Å²) in [7, 11) is 3.90. The molecular weight excluding hydrogens is 631 g/mol. The lowest BCUT2D eigenvalue weighted by atomic mass is 9.91. The first-order valence-electron chi connectivity index (χ1n) is 16.9. The second-order valence-electron chi connectivity index (χ2n) is 14.3. The number of hydrogen-bond acceptors (Lipinski definition) is 8. The fraction of sp³-hybridized carbons (Fsp3) is 0.432. The standard InChI is InChI=1S/C37H36F3N7O2/c1-4-25-28(39)9-6-20-12-24(48)13-26(29(20)25)30-32(40)34-31(27-18-44(2)43-33(27)30)35(46-16-22-7-8-23(17-46)45(22)3)42-36(41-34)49-19-37-10-5-11-47(37)15-21(38)14-37/h1,6,9,12-13,18,21-23,48H,5,7-8,10-11,14-17,19H2,2-3H3/t21-,22-,23+,37+/m1/s1. The molecule has 12 heteroatoms. The average Bonchev–Trinajstić information content (AvgIpc) is 3.77. The summed E-state index contributed by atoms with van der Waals surface area (Å²) in [6, 6.07) is 6.26. The average molecular weight is 668 g/mol. The van der Waals surface area contributed by atoms with E-state index in [1.54, 1.807) is 11.7 Å². The van der Waals surface area contributed by atoms with Gasteiger partial charge in [-0.3, -0.25) is 14.5 Å². The van der Waals surface area contributed by atoms with Gasteiger partial charge in [0.05, 0.1) is 16.5 Å². The van der Waals surface area contributed by atoms with Crippen LogP contribution in [-0.2, 0) is 7.05 Å². The second kappa shape index (κ2) is 11.0. The summed E-state index contributed by atoms with van der Waals surface area (Å²) in [5.41, 5.74) is 0.0792. The molecule has 252 valence electrons. The van der Waals surface area contributed by atoms with Gasteiger partial charge in [-0.1, -0.05) is 12.0 Å². The van der Waals surface area contributed by atoms with Crippen molar-refractivity contribution < 1.29 is 23.0 Å². The van der Waals surface area contributed by atoms with Gasteiger partial charge in [0.25, 0.3) is 0 Å². The summed E-state index contributed by atoms with van der Waals surface area (Å²) in [6.45, 7) is 2.79. The van der Waals surface area contributed by atoms with E-state index in [0.717, 1.165) is 32.2 Å². The number of rotatable bonds is 5. The maximum absolute atomic E-state index is 17.5. The first kappa shape index (κ1) is 30.5. The molecule has 4 saturated heterocycles. The highest BCUT2D eigenvalue weighted by atomic mass is 19.1. The molecule has 4 aliphatic rings. The van der Waals surface area contributed by atoms with Crippen LogP contribution < -0.4 is 9.64 Å². The molecule has 0 unspecified atom stereocenters. The van der Waals surface area contributed by atoms with Crippen molar-refractivity contribution in [2.45, 2.75) is 55.9 Å². The quantitative estimate of drug-likeness (QED) is 0.245. The van der Waals surface area contributed by atoms with Crippen LogP contribution in [0.25, 0.3) is 43.7 Å². The fourth-order valence-electron chi connectivity index (χ4n) is 9.15. The summed E-state index contributed by atoms with van der Waals surface area (Å²) in [4.78, 5) is 16.5. The fourth-order valence-corrected chi connectivity index (χ4v) is 9.15. The van der Waals surface area contributed by atoms with Crippen molar-refractivity contribution in [3.63, 3.8) is 0 Å². The molecule has 2 bridgehead atoms. The van der Waals surface area contributed by atoms with Crippen molar-refractivity contribution in [2.24, 2.45) is 7.05 Å². The van der Waals surface area contributed by atoms with Crippen LogP contribution in [-0.4, -0.2) is 98.3 Å². The first-order valence-corrected chi connectivity index (χ1v) is 16.9. The van der Waals surface area contributed by atoms with Gasteiger partial charge in [-0.15, -0.1) is 6.42 Å². The van der Waals surface area contributed by atoms with Crippen LogP contribution in [0.3, 0.4) is 0 Å². The van der Waals surface area contributed by atoms with Crippen LogP contribution >= 0.6 is 0 Å². The number of phenolic OH excluding ortho intramolecular Hbond substituents is 1. The SMILES string of the molecule is C#Cc1c(F)ccc2cc(O)cc(-c3c(F)c4nc(OC[C@@]56CCCN5C[C@H](F)C6)nc(N5C[C@H]6CC[C@@H](C5)N6C)c4c4cn(C)nc34)c12. The zero-order chi connectivity index (χ0) is 33.8. The van der Waals surface area contributed by atoms with Crippen molar-refractivity contribution in [1.29, 1.82) is 0 Å². The number of hydrogen-bond donors (Lipinski definition) is 1. The summed E-state index contributed by atoms with van der Waals surface area (Å²) in [6.07, 6.45) is 10.9. The molecule has 4 atom stereocenters. The molecule has 3 aromatic carbocycles. The topological polar surface area (TPSA) is 82.8 Å². The highest BCUT2D eigenvalue weighted by molar-refractivity contribution is 6.18. The second-order valence-corrected chi connectivity index (χ2v) is 14.3. The Morgan fingerprint density at radius 2 is 1.86 bits per heavy atom. The van der Waals surface area contributed by atoms with E-state index in [0.29, 0.717) is 65.6 Å².